The Kier molecular flexibility index (Phi) is 4.41. The van der Waals surface area contributed by atoms with Gasteiger partial charge in [0.15, 0.2) is 5.11 Å². The van der Waals surface area contributed by atoms with Gasteiger partial charge in [-0.25, -0.2) is 4.79 Å². The van der Waals surface area contributed by atoms with Crippen molar-refractivity contribution in [2.45, 2.75) is 0 Å². The third-order valence-electron chi connectivity index (χ3n) is 1.76. The summed E-state index contributed by atoms with van der Waals surface area (Å²) in [6, 6.07) is 6.36. The number of nitrogens with one attached hydrogen (secondary N) is 2. The van der Waals surface area contributed by atoms with E-state index in [-0.39, 0.29) is 5.56 Å². The Balaban J connectivity index is 2.61. The Hall–Kier alpha value is -1.95. The zero-order chi connectivity index (χ0) is 12.0. The molecular formula is C10H11N3O2S. The molecule has 1 aromatic carbocycles. The minimum atomic E-state index is -0.946. The number of aromatic carboxylic acids is 1. The molecule has 5 nitrogen and oxygen atoms in total. The Morgan fingerprint density at radius 3 is 2.56 bits per heavy atom. The van der Waals surface area contributed by atoms with Crippen molar-refractivity contribution in [1.82, 2.24) is 10.7 Å². The Morgan fingerprint density at radius 1 is 1.44 bits per heavy atom. The van der Waals surface area contributed by atoms with Crippen LogP contribution < -0.4 is 10.7 Å². The molecule has 0 aliphatic heterocycles. The van der Waals surface area contributed by atoms with E-state index in [1.54, 1.807) is 25.4 Å². The van der Waals surface area contributed by atoms with Crippen LogP contribution in [-0.4, -0.2) is 29.5 Å². The van der Waals surface area contributed by atoms with Crippen molar-refractivity contribution in [2.75, 3.05) is 7.05 Å². The van der Waals surface area contributed by atoms with E-state index < -0.39 is 5.97 Å². The van der Waals surface area contributed by atoms with Gasteiger partial charge in [0.25, 0.3) is 0 Å². The molecule has 84 valence electrons. The Labute approximate surface area is 98.2 Å². The van der Waals surface area contributed by atoms with E-state index in [0.29, 0.717) is 5.11 Å². The van der Waals surface area contributed by atoms with Gasteiger partial charge in [-0.15, -0.1) is 0 Å². The van der Waals surface area contributed by atoms with E-state index in [1.165, 1.54) is 12.1 Å². The van der Waals surface area contributed by atoms with Crippen molar-refractivity contribution >= 4 is 29.5 Å². The van der Waals surface area contributed by atoms with Gasteiger partial charge in [0, 0.05) is 7.05 Å². The lowest BCUT2D eigenvalue weighted by molar-refractivity contribution is 0.0697. The molecule has 0 spiro atoms. The molecule has 0 amide bonds. The Bertz CT molecular complexity index is 415. The van der Waals surface area contributed by atoms with E-state index in [4.69, 9.17) is 17.3 Å². The van der Waals surface area contributed by atoms with Gasteiger partial charge in [-0.2, -0.15) is 5.10 Å². The van der Waals surface area contributed by atoms with Crippen LogP contribution in [0.4, 0.5) is 0 Å². The number of hydrazone groups is 1. The molecule has 0 saturated heterocycles. The molecule has 0 radical (unpaired) electrons. The smallest absolute Gasteiger partial charge is 0.335 e. The minimum Gasteiger partial charge on any atom is -0.478 e. The van der Waals surface area contributed by atoms with E-state index in [0.717, 1.165) is 5.56 Å². The summed E-state index contributed by atoms with van der Waals surface area (Å²) in [5.41, 5.74) is 3.63. The number of carbonyl (C=O) groups is 1. The van der Waals surface area contributed by atoms with Crippen LogP contribution in [0.5, 0.6) is 0 Å². The fraction of sp³-hybridized carbons (Fsp3) is 0.100. The molecule has 16 heavy (non-hydrogen) atoms. The van der Waals surface area contributed by atoms with Crippen molar-refractivity contribution < 1.29 is 9.90 Å². The van der Waals surface area contributed by atoms with Gasteiger partial charge in [-0.1, -0.05) is 12.1 Å². The molecule has 1 rings (SSSR count). The van der Waals surface area contributed by atoms with Gasteiger partial charge in [0.2, 0.25) is 0 Å². The Morgan fingerprint density at radius 2 is 2.06 bits per heavy atom. The van der Waals surface area contributed by atoms with Crippen LogP contribution >= 0.6 is 12.2 Å². The molecule has 0 aliphatic carbocycles. The molecule has 0 bridgehead atoms. The molecule has 0 fully saturated rings. The molecule has 0 aliphatic rings. The summed E-state index contributed by atoms with van der Waals surface area (Å²) in [4.78, 5) is 10.6. The van der Waals surface area contributed by atoms with E-state index in [2.05, 4.69) is 15.8 Å². The number of benzene rings is 1. The van der Waals surface area contributed by atoms with Crippen LogP contribution in [0.3, 0.4) is 0 Å². The maximum Gasteiger partial charge on any atom is 0.335 e. The predicted molar refractivity (Wildman–Crippen MR) is 65.8 cm³/mol. The maximum absolute atomic E-state index is 10.6. The lowest BCUT2D eigenvalue weighted by Crippen LogP contribution is -2.28. The highest BCUT2D eigenvalue weighted by atomic mass is 32.1. The second-order valence-electron chi connectivity index (χ2n) is 2.88. The van der Waals surface area contributed by atoms with Crippen LogP contribution in [0, 0.1) is 0 Å². The van der Waals surface area contributed by atoms with E-state index in [1.807, 2.05) is 0 Å². The first-order chi connectivity index (χ1) is 7.63. The van der Waals surface area contributed by atoms with E-state index in [9.17, 15) is 4.79 Å². The van der Waals surface area contributed by atoms with Gasteiger partial charge < -0.3 is 10.4 Å². The van der Waals surface area contributed by atoms with Gasteiger partial charge in [0.1, 0.15) is 0 Å². The third-order valence-corrected chi connectivity index (χ3v) is 2.06. The lowest BCUT2D eigenvalue weighted by Gasteiger charge is -1.99. The third kappa shape index (κ3) is 3.66. The molecule has 0 heterocycles. The summed E-state index contributed by atoms with van der Waals surface area (Å²) in [5.74, 6) is -0.946. The van der Waals surface area contributed by atoms with Crippen LogP contribution in [0.1, 0.15) is 15.9 Å². The van der Waals surface area contributed by atoms with Gasteiger partial charge in [-0.3, -0.25) is 5.43 Å². The molecule has 0 unspecified atom stereocenters. The second-order valence-corrected chi connectivity index (χ2v) is 3.28. The zero-order valence-electron chi connectivity index (χ0n) is 8.60. The molecule has 0 aromatic heterocycles. The first kappa shape index (κ1) is 12.1. The average molecular weight is 237 g/mol. The molecule has 3 N–H and O–H groups in total. The summed E-state index contributed by atoms with van der Waals surface area (Å²) in [5, 5.41) is 15.7. The summed E-state index contributed by atoms with van der Waals surface area (Å²) >= 11 is 4.81. The monoisotopic (exact) mass is 237 g/mol. The standard InChI is InChI=1S/C10H11N3O2S/c1-11-10(16)13-12-6-7-2-4-8(5-3-7)9(14)15/h2-6H,1H3,(H,14,15)(H2,11,13,16)/b12-6-. The average Bonchev–Trinajstić information content (AvgIpc) is 2.29. The fourth-order valence-electron chi connectivity index (χ4n) is 0.933. The largest absolute Gasteiger partial charge is 0.478 e. The van der Waals surface area contributed by atoms with Crippen LogP contribution in [0.25, 0.3) is 0 Å². The minimum absolute atomic E-state index is 0.246. The van der Waals surface area contributed by atoms with Crippen molar-refractivity contribution in [2.24, 2.45) is 5.10 Å². The highest BCUT2D eigenvalue weighted by Crippen LogP contribution is 2.01. The number of hydrogen-bond acceptors (Lipinski definition) is 3. The highest BCUT2D eigenvalue weighted by molar-refractivity contribution is 7.80. The molecule has 0 saturated carbocycles. The number of carboxylic acids is 1. The number of nitrogens with zero attached hydrogens (tertiary/aromatic N) is 1. The molecule has 6 heteroatoms. The molecule has 0 atom stereocenters. The van der Waals surface area contributed by atoms with Crippen molar-refractivity contribution in [3.63, 3.8) is 0 Å². The van der Waals surface area contributed by atoms with Crippen LogP contribution in [-0.2, 0) is 0 Å². The first-order valence-electron chi connectivity index (χ1n) is 4.47. The van der Waals surface area contributed by atoms with Gasteiger partial charge in [-0.05, 0) is 29.9 Å². The fourth-order valence-corrected chi connectivity index (χ4v) is 0.986. The second kappa shape index (κ2) is 5.82. The SMILES string of the molecule is CNC(=S)N/N=C\c1ccc(C(=O)O)cc1. The van der Waals surface area contributed by atoms with E-state index >= 15 is 0 Å². The lowest BCUT2D eigenvalue weighted by atomic mass is 10.1. The van der Waals surface area contributed by atoms with Gasteiger partial charge in [0.05, 0.1) is 11.8 Å². The molecular weight excluding hydrogens is 226 g/mol. The first-order valence-corrected chi connectivity index (χ1v) is 4.88. The quantitative estimate of drug-likeness (QED) is 0.412. The van der Waals surface area contributed by atoms with Crippen molar-refractivity contribution in [3.8, 4) is 0 Å². The highest BCUT2D eigenvalue weighted by Gasteiger charge is 1.99. The maximum atomic E-state index is 10.6. The number of carboxylic acid groups (broad SMARTS) is 1. The summed E-state index contributed by atoms with van der Waals surface area (Å²) in [6.45, 7) is 0. The van der Waals surface area contributed by atoms with Crippen LogP contribution in [0.2, 0.25) is 0 Å². The number of hydrogen-bond donors (Lipinski definition) is 3. The number of rotatable bonds is 3. The van der Waals surface area contributed by atoms with Gasteiger partial charge >= 0.3 is 5.97 Å². The normalized spacial score (nSPS) is 10.1. The topological polar surface area (TPSA) is 73.7 Å². The van der Waals surface area contributed by atoms with Crippen LogP contribution in [0.15, 0.2) is 29.4 Å². The zero-order valence-corrected chi connectivity index (χ0v) is 9.41. The summed E-state index contributed by atoms with van der Waals surface area (Å²) < 4.78 is 0. The van der Waals surface area contributed by atoms with Crippen molar-refractivity contribution in [3.05, 3.63) is 35.4 Å². The molecule has 1 aromatic rings. The van der Waals surface area contributed by atoms with Crippen molar-refractivity contribution in [1.29, 1.82) is 0 Å². The number of thiocarbonyl (C=S) groups is 1. The summed E-state index contributed by atoms with van der Waals surface area (Å²) in [6.07, 6.45) is 1.55. The predicted octanol–water partition coefficient (Wildman–Crippen LogP) is 0.813. The summed E-state index contributed by atoms with van der Waals surface area (Å²) in [7, 11) is 1.69.